The van der Waals surface area contributed by atoms with Gasteiger partial charge in [0, 0.05) is 32.3 Å². The van der Waals surface area contributed by atoms with Gasteiger partial charge in [0.15, 0.2) is 6.29 Å². The molecular formula is C11H24N2O2. The van der Waals surface area contributed by atoms with Crippen molar-refractivity contribution in [2.45, 2.75) is 39.0 Å². The quantitative estimate of drug-likeness (QED) is 0.616. The van der Waals surface area contributed by atoms with Gasteiger partial charge in [0.05, 0.1) is 0 Å². The van der Waals surface area contributed by atoms with Crippen LogP contribution in [0.1, 0.15) is 26.7 Å². The zero-order chi connectivity index (χ0) is 10.9. The summed E-state index contributed by atoms with van der Waals surface area (Å²) in [5, 5.41) is 6.86. The van der Waals surface area contributed by atoms with E-state index in [1.165, 1.54) is 12.8 Å². The lowest BCUT2D eigenvalue weighted by Crippen LogP contribution is -2.46. The van der Waals surface area contributed by atoms with Crippen molar-refractivity contribution < 1.29 is 9.47 Å². The van der Waals surface area contributed by atoms with Crippen LogP contribution in [0.15, 0.2) is 0 Å². The molecule has 1 aliphatic heterocycles. The van der Waals surface area contributed by atoms with Crippen LogP contribution in [0, 0.1) is 0 Å². The summed E-state index contributed by atoms with van der Waals surface area (Å²) in [5.74, 6) is 0. The summed E-state index contributed by atoms with van der Waals surface area (Å²) in [6.07, 6.45) is 2.41. The summed E-state index contributed by atoms with van der Waals surface area (Å²) in [5.41, 5.74) is 0. The van der Waals surface area contributed by atoms with E-state index in [2.05, 4.69) is 10.6 Å². The smallest absolute Gasteiger partial charge is 0.169 e. The van der Waals surface area contributed by atoms with Crippen LogP contribution in [0.2, 0.25) is 0 Å². The van der Waals surface area contributed by atoms with Gasteiger partial charge >= 0.3 is 0 Å². The molecule has 1 heterocycles. The lowest BCUT2D eigenvalue weighted by Gasteiger charge is -2.26. The van der Waals surface area contributed by atoms with E-state index in [0.717, 1.165) is 19.6 Å². The van der Waals surface area contributed by atoms with Crippen LogP contribution >= 0.6 is 0 Å². The Labute approximate surface area is 92.7 Å². The number of nitrogens with one attached hydrogen (secondary N) is 2. The Hall–Kier alpha value is -0.160. The fourth-order valence-corrected chi connectivity index (χ4v) is 1.83. The largest absolute Gasteiger partial charge is 0.352 e. The first-order chi connectivity index (χ1) is 7.36. The number of ether oxygens (including phenoxy) is 2. The number of hydrogen-bond donors (Lipinski definition) is 2. The predicted molar refractivity (Wildman–Crippen MR) is 60.9 cm³/mol. The Balaban J connectivity index is 2.13. The van der Waals surface area contributed by atoms with Gasteiger partial charge < -0.3 is 20.1 Å². The zero-order valence-electron chi connectivity index (χ0n) is 9.92. The fraction of sp³-hybridized carbons (Fsp3) is 1.00. The molecule has 1 fully saturated rings. The van der Waals surface area contributed by atoms with Crippen molar-refractivity contribution in [1.29, 1.82) is 0 Å². The van der Waals surface area contributed by atoms with E-state index < -0.39 is 0 Å². The molecule has 0 aromatic rings. The predicted octanol–water partition coefficient (Wildman–Crippen LogP) is 0.727. The third-order valence-corrected chi connectivity index (χ3v) is 2.58. The second kappa shape index (κ2) is 8.05. The first-order valence-electron chi connectivity index (χ1n) is 6.04. The Bertz CT molecular complexity index is 144. The minimum absolute atomic E-state index is 0.0954. The summed E-state index contributed by atoms with van der Waals surface area (Å²) in [6, 6.07) is 0.571. The van der Waals surface area contributed by atoms with Gasteiger partial charge in [0.25, 0.3) is 0 Å². The number of piperidine rings is 1. The van der Waals surface area contributed by atoms with Crippen molar-refractivity contribution in [3.63, 3.8) is 0 Å². The maximum atomic E-state index is 5.47. The van der Waals surface area contributed by atoms with E-state index >= 15 is 0 Å². The normalized spacial score (nSPS) is 22.2. The number of rotatable bonds is 7. The highest BCUT2D eigenvalue weighted by molar-refractivity contribution is 4.75. The van der Waals surface area contributed by atoms with Crippen molar-refractivity contribution in [2.24, 2.45) is 0 Å². The lowest BCUT2D eigenvalue weighted by molar-refractivity contribution is -0.133. The van der Waals surface area contributed by atoms with E-state index in [-0.39, 0.29) is 6.29 Å². The van der Waals surface area contributed by atoms with Gasteiger partial charge in [-0.25, -0.2) is 0 Å². The Morgan fingerprint density at radius 1 is 1.33 bits per heavy atom. The van der Waals surface area contributed by atoms with Crippen LogP contribution in [-0.4, -0.2) is 45.2 Å². The van der Waals surface area contributed by atoms with E-state index in [0.29, 0.717) is 19.3 Å². The van der Waals surface area contributed by atoms with E-state index in [1.54, 1.807) is 0 Å². The first-order valence-corrected chi connectivity index (χ1v) is 6.04. The van der Waals surface area contributed by atoms with E-state index in [9.17, 15) is 0 Å². The van der Waals surface area contributed by atoms with Crippen LogP contribution < -0.4 is 10.6 Å². The second-order valence-corrected chi connectivity index (χ2v) is 3.79. The molecule has 1 rings (SSSR count). The van der Waals surface area contributed by atoms with Gasteiger partial charge in [-0.15, -0.1) is 0 Å². The van der Waals surface area contributed by atoms with Gasteiger partial charge in [0.2, 0.25) is 0 Å². The van der Waals surface area contributed by atoms with Gasteiger partial charge in [-0.2, -0.15) is 0 Å². The van der Waals surface area contributed by atoms with Crippen molar-refractivity contribution in [3.8, 4) is 0 Å². The SMILES string of the molecule is CCOC(CNC1CCCNC1)OCC. The molecule has 0 amide bonds. The summed E-state index contributed by atoms with van der Waals surface area (Å²) in [4.78, 5) is 0. The maximum absolute atomic E-state index is 5.47. The summed E-state index contributed by atoms with van der Waals surface area (Å²) >= 11 is 0. The molecule has 1 saturated heterocycles. The van der Waals surface area contributed by atoms with Crippen LogP contribution in [-0.2, 0) is 9.47 Å². The highest BCUT2D eigenvalue weighted by Crippen LogP contribution is 2.02. The Morgan fingerprint density at radius 2 is 2.07 bits per heavy atom. The molecule has 0 spiro atoms. The monoisotopic (exact) mass is 216 g/mol. The Morgan fingerprint density at radius 3 is 2.60 bits per heavy atom. The topological polar surface area (TPSA) is 42.5 Å². The molecule has 1 unspecified atom stereocenters. The van der Waals surface area contributed by atoms with Crippen LogP contribution in [0.3, 0.4) is 0 Å². The van der Waals surface area contributed by atoms with Crippen LogP contribution in [0.4, 0.5) is 0 Å². The molecule has 0 radical (unpaired) electrons. The van der Waals surface area contributed by atoms with E-state index in [4.69, 9.17) is 9.47 Å². The molecule has 4 nitrogen and oxygen atoms in total. The highest BCUT2D eigenvalue weighted by atomic mass is 16.7. The molecular weight excluding hydrogens is 192 g/mol. The fourth-order valence-electron chi connectivity index (χ4n) is 1.83. The maximum Gasteiger partial charge on any atom is 0.169 e. The van der Waals surface area contributed by atoms with Crippen LogP contribution in [0.5, 0.6) is 0 Å². The minimum Gasteiger partial charge on any atom is -0.352 e. The summed E-state index contributed by atoms with van der Waals surface area (Å²) in [6.45, 7) is 8.39. The molecule has 1 atom stereocenters. The second-order valence-electron chi connectivity index (χ2n) is 3.79. The molecule has 0 aliphatic carbocycles. The third-order valence-electron chi connectivity index (χ3n) is 2.58. The average molecular weight is 216 g/mol. The molecule has 0 bridgehead atoms. The van der Waals surface area contributed by atoms with Gasteiger partial charge in [-0.1, -0.05) is 0 Å². The minimum atomic E-state index is -0.0954. The van der Waals surface area contributed by atoms with Gasteiger partial charge in [-0.3, -0.25) is 0 Å². The molecule has 4 heteroatoms. The summed E-state index contributed by atoms with van der Waals surface area (Å²) in [7, 11) is 0. The lowest BCUT2D eigenvalue weighted by atomic mass is 10.1. The molecule has 1 aliphatic rings. The highest BCUT2D eigenvalue weighted by Gasteiger charge is 2.14. The average Bonchev–Trinajstić information content (AvgIpc) is 2.28. The first kappa shape index (κ1) is 12.9. The molecule has 0 aromatic heterocycles. The van der Waals surface area contributed by atoms with Crippen molar-refractivity contribution in [3.05, 3.63) is 0 Å². The van der Waals surface area contributed by atoms with Crippen molar-refractivity contribution in [1.82, 2.24) is 10.6 Å². The molecule has 15 heavy (non-hydrogen) atoms. The van der Waals surface area contributed by atoms with E-state index in [1.807, 2.05) is 13.8 Å². The van der Waals surface area contributed by atoms with Gasteiger partial charge in [-0.05, 0) is 33.2 Å². The molecule has 2 N–H and O–H groups in total. The standard InChI is InChI=1S/C11H24N2O2/c1-3-14-11(15-4-2)9-13-10-6-5-7-12-8-10/h10-13H,3-9H2,1-2H3. The molecule has 0 aromatic carbocycles. The molecule has 0 saturated carbocycles. The van der Waals surface area contributed by atoms with Crippen molar-refractivity contribution in [2.75, 3.05) is 32.8 Å². The summed E-state index contributed by atoms with van der Waals surface area (Å²) < 4.78 is 10.9. The van der Waals surface area contributed by atoms with Gasteiger partial charge in [0.1, 0.15) is 0 Å². The Kier molecular flexibility index (Phi) is 6.92. The number of hydrogen-bond acceptors (Lipinski definition) is 4. The zero-order valence-corrected chi connectivity index (χ0v) is 9.92. The van der Waals surface area contributed by atoms with Crippen molar-refractivity contribution >= 4 is 0 Å². The third kappa shape index (κ3) is 5.47. The molecule has 90 valence electrons. The van der Waals surface area contributed by atoms with Crippen LogP contribution in [0.25, 0.3) is 0 Å².